The van der Waals surface area contributed by atoms with Gasteiger partial charge in [0.2, 0.25) is 0 Å². The first kappa shape index (κ1) is 9.92. The number of anilines is 1. The average molecular weight is 218 g/mol. The van der Waals surface area contributed by atoms with Crippen molar-refractivity contribution in [1.29, 1.82) is 0 Å². The van der Waals surface area contributed by atoms with Crippen molar-refractivity contribution < 1.29 is 0 Å². The van der Waals surface area contributed by atoms with Gasteiger partial charge >= 0.3 is 0 Å². The molecule has 2 N–H and O–H groups in total. The van der Waals surface area contributed by atoms with Crippen molar-refractivity contribution in [3.8, 4) is 0 Å². The van der Waals surface area contributed by atoms with Crippen LogP contribution in [0.1, 0.15) is 5.82 Å². The molecular weight excluding hydrogens is 208 g/mol. The Balaban J connectivity index is 2.03. The molecule has 0 saturated carbocycles. The predicted octanol–water partition coefficient (Wildman–Crippen LogP) is 1.75. The largest absolute Gasteiger partial charge is 0.397 e. The normalized spacial score (nSPS) is 10.1. The van der Waals surface area contributed by atoms with Crippen LogP contribution in [0.25, 0.3) is 0 Å². The fourth-order valence-electron chi connectivity index (χ4n) is 1.06. The molecule has 2 heterocycles. The molecule has 0 atom stereocenters. The molecule has 0 amide bonds. The summed E-state index contributed by atoms with van der Waals surface area (Å²) in [5.41, 5.74) is 6.45. The highest BCUT2D eigenvalue weighted by atomic mass is 32.2. The molecule has 0 radical (unpaired) electrons. The zero-order chi connectivity index (χ0) is 10.5. The van der Waals surface area contributed by atoms with Crippen LogP contribution in [-0.2, 0) is 5.75 Å². The molecule has 0 spiro atoms. The minimum absolute atomic E-state index is 0.683. The van der Waals surface area contributed by atoms with E-state index in [0.717, 1.165) is 10.9 Å². The summed E-state index contributed by atoms with van der Waals surface area (Å²) in [7, 11) is 0. The quantitative estimate of drug-likeness (QED) is 0.795. The monoisotopic (exact) mass is 218 g/mol. The lowest BCUT2D eigenvalue weighted by Gasteiger charge is -2.02. The molecule has 76 valence electrons. The van der Waals surface area contributed by atoms with Gasteiger partial charge in [0.25, 0.3) is 0 Å². The van der Waals surface area contributed by atoms with Gasteiger partial charge < -0.3 is 5.73 Å². The van der Waals surface area contributed by atoms with Crippen molar-refractivity contribution in [1.82, 2.24) is 15.0 Å². The standard InChI is InChI=1S/C10H10N4S/c11-8-3-1-4-14-10(8)15-7-9-12-5-2-6-13-9/h1-6H,7,11H2. The topological polar surface area (TPSA) is 64.7 Å². The summed E-state index contributed by atoms with van der Waals surface area (Å²) in [6.07, 6.45) is 5.18. The van der Waals surface area contributed by atoms with E-state index < -0.39 is 0 Å². The second-order valence-corrected chi connectivity index (χ2v) is 3.82. The number of pyridine rings is 1. The predicted molar refractivity (Wildman–Crippen MR) is 60.2 cm³/mol. The zero-order valence-electron chi connectivity index (χ0n) is 8.00. The SMILES string of the molecule is Nc1cccnc1SCc1ncccn1. The molecule has 2 aromatic heterocycles. The average Bonchev–Trinajstić information content (AvgIpc) is 2.29. The molecule has 2 rings (SSSR count). The molecule has 0 saturated heterocycles. The number of hydrogen-bond acceptors (Lipinski definition) is 5. The molecule has 0 aromatic carbocycles. The molecule has 0 bridgehead atoms. The highest BCUT2D eigenvalue weighted by Crippen LogP contribution is 2.23. The number of nitrogens with two attached hydrogens (primary N) is 1. The van der Waals surface area contributed by atoms with E-state index in [1.807, 2.05) is 12.1 Å². The van der Waals surface area contributed by atoms with Crippen molar-refractivity contribution in [2.24, 2.45) is 0 Å². The van der Waals surface area contributed by atoms with E-state index in [1.54, 1.807) is 24.7 Å². The third-order valence-corrected chi connectivity index (χ3v) is 2.77. The Morgan fingerprint density at radius 1 is 1.07 bits per heavy atom. The van der Waals surface area contributed by atoms with Gasteiger partial charge in [-0.1, -0.05) is 11.8 Å². The van der Waals surface area contributed by atoms with Gasteiger partial charge in [-0.05, 0) is 18.2 Å². The Morgan fingerprint density at radius 2 is 1.80 bits per heavy atom. The van der Waals surface area contributed by atoms with Gasteiger partial charge in [0, 0.05) is 18.6 Å². The highest BCUT2D eigenvalue weighted by molar-refractivity contribution is 7.98. The fourth-order valence-corrected chi connectivity index (χ4v) is 1.85. The number of aromatic nitrogens is 3. The maximum Gasteiger partial charge on any atom is 0.138 e. The van der Waals surface area contributed by atoms with E-state index in [9.17, 15) is 0 Å². The van der Waals surface area contributed by atoms with Crippen LogP contribution in [0.4, 0.5) is 5.69 Å². The van der Waals surface area contributed by atoms with Gasteiger partial charge in [-0.2, -0.15) is 0 Å². The minimum Gasteiger partial charge on any atom is -0.397 e. The van der Waals surface area contributed by atoms with Crippen LogP contribution in [0.3, 0.4) is 0 Å². The van der Waals surface area contributed by atoms with Gasteiger partial charge in [-0.3, -0.25) is 0 Å². The lowest BCUT2D eigenvalue weighted by atomic mass is 10.4. The summed E-state index contributed by atoms with van der Waals surface area (Å²) < 4.78 is 0. The van der Waals surface area contributed by atoms with Crippen molar-refractivity contribution in [2.75, 3.05) is 5.73 Å². The minimum atomic E-state index is 0.683. The third-order valence-electron chi connectivity index (χ3n) is 1.76. The first-order valence-electron chi connectivity index (χ1n) is 4.45. The van der Waals surface area contributed by atoms with E-state index in [2.05, 4.69) is 15.0 Å². The van der Waals surface area contributed by atoms with Crippen LogP contribution in [0.15, 0.2) is 41.8 Å². The molecular formula is C10H10N4S. The fraction of sp³-hybridized carbons (Fsp3) is 0.100. The number of hydrogen-bond donors (Lipinski definition) is 1. The van der Waals surface area contributed by atoms with Crippen LogP contribution in [0.5, 0.6) is 0 Å². The van der Waals surface area contributed by atoms with Gasteiger partial charge in [-0.15, -0.1) is 0 Å². The molecule has 0 fully saturated rings. The molecule has 4 nitrogen and oxygen atoms in total. The Labute approximate surface area is 92.0 Å². The lowest BCUT2D eigenvalue weighted by molar-refractivity contribution is 1.03. The van der Waals surface area contributed by atoms with Crippen molar-refractivity contribution >= 4 is 17.4 Å². The smallest absolute Gasteiger partial charge is 0.138 e. The maximum absolute atomic E-state index is 5.76. The number of thioether (sulfide) groups is 1. The molecule has 15 heavy (non-hydrogen) atoms. The van der Waals surface area contributed by atoms with Gasteiger partial charge in [0.15, 0.2) is 0 Å². The molecule has 0 aliphatic carbocycles. The van der Waals surface area contributed by atoms with Crippen molar-refractivity contribution in [3.63, 3.8) is 0 Å². The van der Waals surface area contributed by atoms with Crippen LogP contribution in [0, 0.1) is 0 Å². The van der Waals surface area contributed by atoms with Gasteiger partial charge in [0.05, 0.1) is 11.4 Å². The van der Waals surface area contributed by atoms with Crippen molar-refractivity contribution in [2.45, 2.75) is 10.8 Å². The summed E-state index contributed by atoms with van der Waals surface area (Å²) in [4.78, 5) is 12.4. The summed E-state index contributed by atoms with van der Waals surface area (Å²) in [6.45, 7) is 0. The maximum atomic E-state index is 5.76. The molecule has 2 aromatic rings. The second-order valence-electron chi connectivity index (χ2n) is 2.85. The Kier molecular flexibility index (Phi) is 3.14. The van der Waals surface area contributed by atoms with E-state index in [0.29, 0.717) is 11.4 Å². The van der Waals surface area contributed by atoms with E-state index >= 15 is 0 Å². The molecule has 0 aliphatic rings. The van der Waals surface area contributed by atoms with Crippen LogP contribution in [-0.4, -0.2) is 15.0 Å². The van der Waals surface area contributed by atoms with Crippen LogP contribution in [0.2, 0.25) is 0 Å². The first-order valence-corrected chi connectivity index (χ1v) is 5.44. The Bertz CT molecular complexity index is 432. The zero-order valence-corrected chi connectivity index (χ0v) is 8.81. The summed E-state index contributed by atoms with van der Waals surface area (Å²) in [5.74, 6) is 1.47. The van der Waals surface area contributed by atoms with Crippen LogP contribution < -0.4 is 5.73 Å². The lowest BCUT2D eigenvalue weighted by Crippen LogP contribution is -1.93. The van der Waals surface area contributed by atoms with Crippen molar-refractivity contribution in [3.05, 3.63) is 42.6 Å². The first-order chi connectivity index (χ1) is 7.36. The second kappa shape index (κ2) is 4.75. The Morgan fingerprint density at radius 3 is 2.53 bits per heavy atom. The molecule has 0 unspecified atom stereocenters. The third kappa shape index (κ3) is 2.66. The number of nitrogen functional groups attached to an aromatic ring is 1. The van der Waals surface area contributed by atoms with E-state index in [4.69, 9.17) is 5.73 Å². The van der Waals surface area contributed by atoms with Crippen LogP contribution >= 0.6 is 11.8 Å². The summed E-state index contributed by atoms with van der Waals surface area (Å²) >= 11 is 1.54. The summed E-state index contributed by atoms with van der Waals surface area (Å²) in [6, 6.07) is 5.45. The van der Waals surface area contributed by atoms with Gasteiger partial charge in [0.1, 0.15) is 10.9 Å². The summed E-state index contributed by atoms with van der Waals surface area (Å²) in [5, 5.41) is 0.824. The van der Waals surface area contributed by atoms with E-state index in [-0.39, 0.29) is 0 Å². The number of nitrogens with zero attached hydrogens (tertiary/aromatic N) is 3. The number of rotatable bonds is 3. The highest BCUT2D eigenvalue weighted by Gasteiger charge is 2.02. The molecule has 0 aliphatic heterocycles. The van der Waals surface area contributed by atoms with E-state index in [1.165, 1.54) is 11.8 Å². The molecule has 5 heteroatoms. The Hall–Kier alpha value is -1.62. The van der Waals surface area contributed by atoms with Gasteiger partial charge in [-0.25, -0.2) is 15.0 Å².